The van der Waals surface area contributed by atoms with Crippen LogP contribution in [0.3, 0.4) is 0 Å². The van der Waals surface area contributed by atoms with Gasteiger partial charge in [-0.15, -0.1) is 0 Å². The number of pyridine rings is 1. The number of aromatic nitrogens is 2. The molecule has 3 heterocycles. The minimum Gasteiger partial charge on any atom is -0.352 e. The van der Waals surface area contributed by atoms with Gasteiger partial charge in [-0.25, -0.2) is 0 Å². The summed E-state index contributed by atoms with van der Waals surface area (Å²) in [7, 11) is 0. The summed E-state index contributed by atoms with van der Waals surface area (Å²) in [5, 5.41) is 6.81. The van der Waals surface area contributed by atoms with Gasteiger partial charge < -0.3 is 14.8 Å². The topological polar surface area (TPSA) is 33.1 Å². The van der Waals surface area contributed by atoms with E-state index < -0.39 is 0 Å². The van der Waals surface area contributed by atoms with Gasteiger partial charge >= 0.3 is 0 Å². The summed E-state index contributed by atoms with van der Waals surface area (Å²) in [5.74, 6) is 0. The Morgan fingerprint density at radius 1 is 0.967 bits per heavy atom. The third-order valence-electron chi connectivity index (χ3n) is 5.76. The number of hydrogen-bond acceptors (Lipinski definition) is 2. The van der Waals surface area contributed by atoms with Crippen LogP contribution >= 0.6 is 12.2 Å². The first-order valence-corrected chi connectivity index (χ1v) is 10.8. The van der Waals surface area contributed by atoms with Crippen molar-refractivity contribution in [3.63, 3.8) is 0 Å². The van der Waals surface area contributed by atoms with Gasteiger partial charge in [-0.3, -0.25) is 4.98 Å². The summed E-state index contributed by atoms with van der Waals surface area (Å²) in [4.78, 5) is 6.94. The summed E-state index contributed by atoms with van der Waals surface area (Å²) in [6, 6.07) is 25.6. The standard InChI is InChI=1S/C25H24N4S/c1-2-15-29-24(23(27-25(29)30)21-10-5-6-14-26-21)22-11-7-16-28(22)20-13-12-18-8-3-4-9-19(18)17-20/h3-14,16-17,23-24H,2,15H2,1H3,(H,27,30). The molecule has 1 N–H and O–H groups in total. The molecule has 0 radical (unpaired) electrons. The van der Waals surface area contributed by atoms with Crippen LogP contribution in [0.1, 0.15) is 36.8 Å². The number of rotatable bonds is 5. The second-order valence-corrected chi connectivity index (χ2v) is 8.04. The molecule has 2 unspecified atom stereocenters. The number of fused-ring (bicyclic) bond motifs is 1. The Kier molecular flexibility index (Phi) is 4.97. The van der Waals surface area contributed by atoms with E-state index in [9.17, 15) is 0 Å². The maximum atomic E-state index is 5.73. The van der Waals surface area contributed by atoms with Gasteiger partial charge in [-0.2, -0.15) is 0 Å². The Morgan fingerprint density at radius 3 is 2.60 bits per heavy atom. The van der Waals surface area contributed by atoms with E-state index >= 15 is 0 Å². The zero-order valence-corrected chi connectivity index (χ0v) is 17.7. The Bertz CT molecular complexity index is 1180. The molecule has 0 amide bonds. The minimum absolute atomic E-state index is 0.0133. The molecule has 5 heteroatoms. The third kappa shape index (κ3) is 3.25. The largest absolute Gasteiger partial charge is 0.352 e. The SMILES string of the molecule is CCCN1C(=S)NC(c2ccccn2)C1c1cccn1-c1ccc2ccccc2c1. The highest BCUT2D eigenvalue weighted by atomic mass is 32.1. The average Bonchev–Trinajstić information content (AvgIpc) is 3.39. The second-order valence-electron chi connectivity index (χ2n) is 7.65. The number of nitrogens with one attached hydrogen (secondary N) is 1. The summed E-state index contributed by atoms with van der Waals surface area (Å²) in [5.41, 5.74) is 3.37. The van der Waals surface area contributed by atoms with Gasteiger partial charge in [0.2, 0.25) is 0 Å². The lowest BCUT2D eigenvalue weighted by atomic mass is 10.0. The molecule has 4 nitrogen and oxygen atoms in total. The lowest BCUT2D eigenvalue weighted by molar-refractivity contribution is 0.309. The van der Waals surface area contributed by atoms with Crippen LogP contribution in [0, 0.1) is 0 Å². The van der Waals surface area contributed by atoms with E-state index in [1.54, 1.807) is 0 Å². The zero-order chi connectivity index (χ0) is 20.5. The van der Waals surface area contributed by atoms with E-state index in [0.717, 1.165) is 29.5 Å². The van der Waals surface area contributed by atoms with Crippen LogP contribution in [0.2, 0.25) is 0 Å². The fourth-order valence-electron chi connectivity index (χ4n) is 4.41. The molecule has 0 aliphatic carbocycles. The van der Waals surface area contributed by atoms with Gasteiger partial charge in [-0.1, -0.05) is 43.3 Å². The lowest BCUT2D eigenvalue weighted by Gasteiger charge is -2.28. The number of hydrogen-bond donors (Lipinski definition) is 1. The van der Waals surface area contributed by atoms with Crippen LogP contribution < -0.4 is 5.32 Å². The summed E-state index contributed by atoms with van der Waals surface area (Å²) in [6.45, 7) is 3.10. The molecule has 0 saturated carbocycles. The monoisotopic (exact) mass is 412 g/mol. The fourth-order valence-corrected chi connectivity index (χ4v) is 4.74. The Labute approximate surface area is 182 Å². The molecule has 2 atom stereocenters. The van der Waals surface area contributed by atoms with Crippen molar-refractivity contribution in [1.82, 2.24) is 19.8 Å². The predicted molar refractivity (Wildman–Crippen MR) is 126 cm³/mol. The van der Waals surface area contributed by atoms with E-state index in [-0.39, 0.29) is 12.1 Å². The fraction of sp³-hybridized carbons (Fsp3) is 0.200. The first kappa shape index (κ1) is 18.8. The number of benzene rings is 2. The van der Waals surface area contributed by atoms with Crippen molar-refractivity contribution < 1.29 is 0 Å². The van der Waals surface area contributed by atoms with Crippen molar-refractivity contribution in [2.45, 2.75) is 25.4 Å². The molecule has 30 heavy (non-hydrogen) atoms. The quantitative estimate of drug-likeness (QED) is 0.445. The van der Waals surface area contributed by atoms with Crippen molar-refractivity contribution in [1.29, 1.82) is 0 Å². The maximum Gasteiger partial charge on any atom is 0.170 e. The predicted octanol–water partition coefficient (Wildman–Crippen LogP) is 5.41. The highest BCUT2D eigenvalue weighted by Crippen LogP contribution is 2.39. The normalized spacial score (nSPS) is 18.7. The first-order valence-electron chi connectivity index (χ1n) is 10.4. The minimum atomic E-state index is 0.0133. The van der Waals surface area contributed by atoms with Crippen molar-refractivity contribution >= 4 is 28.1 Å². The first-order chi connectivity index (χ1) is 14.8. The molecule has 1 aliphatic rings. The van der Waals surface area contributed by atoms with Gasteiger partial charge in [0.1, 0.15) is 0 Å². The molecule has 2 aromatic heterocycles. The molecule has 1 saturated heterocycles. The smallest absolute Gasteiger partial charge is 0.170 e. The van der Waals surface area contributed by atoms with Gasteiger partial charge in [0, 0.05) is 30.3 Å². The Balaban J connectivity index is 1.62. The van der Waals surface area contributed by atoms with Crippen molar-refractivity contribution in [3.05, 3.63) is 96.6 Å². The lowest BCUT2D eigenvalue weighted by Crippen LogP contribution is -2.31. The molecular formula is C25H24N4S. The second kappa shape index (κ2) is 7.92. The molecule has 2 aromatic carbocycles. The van der Waals surface area contributed by atoms with Crippen LogP contribution in [-0.4, -0.2) is 26.1 Å². The van der Waals surface area contributed by atoms with E-state index in [4.69, 9.17) is 12.2 Å². The molecule has 0 spiro atoms. The van der Waals surface area contributed by atoms with E-state index in [1.165, 1.54) is 16.5 Å². The summed E-state index contributed by atoms with van der Waals surface area (Å²) in [6.07, 6.45) is 5.02. The van der Waals surface area contributed by atoms with Gasteiger partial charge in [0.15, 0.2) is 5.11 Å². The summed E-state index contributed by atoms with van der Waals surface area (Å²) < 4.78 is 2.28. The highest BCUT2D eigenvalue weighted by Gasteiger charge is 2.40. The molecule has 1 fully saturated rings. The molecule has 150 valence electrons. The van der Waals surface area contributed by atoms with Crippen LogP contribution in [0.15, 0.2) is 85.2 Å². The van der Waals surface area contributed by atoms with Crippen LogP contribution in [0.25, 0.3) is 16.5 Å². The summed E-state index contributed by atoms with van der Waals surface area (Å²) >= 11 is 5.73. The van der Waals surface area contributed by atoms with Crippen molar-refractivity contribution in [3.8, 4) is 5.69 Å². The molecule has 1 aliphatic heterocycles. The third-order valence-corrected chi connectivity index (χ3v) is 6.11. The number of nitrogens with zero attached hydrogens (tertiary/aromatic N) is 3. The molecule has 5 rings (SSSR count). The van der Waals surface area contributed by atoms with Crippen molar-refractivity contribution in [2.24, 2.45) is 0 Å². The molecule has 4 aromatic rings. The van der Waals surface area contributed by atoms with E-state index in [0.29, 0.717) is 0 Å². The van der Waals surface area contributed by atoms with Gasteiger partial charge in [0.25, 0.3) is 0 Å². The number of thiocarbonyl (C=S) groups is 1. The average molecular weight is 413 g/mol. The highest BCUT2D eigenvalue weighted by molar-refractivity contribution is 7.80. The van der Waals surface area contributed by atoms with Gasteiger partial charge in [0.05, 0.1) is 17.8 Å². The zero-order valence-electron chi connectivity index (χ0n) is 16.9. The van der Waals surface area contributed by atoms with Crippen LogP contribution in [0.5, 0.6) is 0 Å². The Hall–Kier alpha value is -3.18. The molecule has 0 bridgehead atoms. The van der Waals surface area contributed by atoms with Crippen molar-refractivity contribution in [2.75, 3.05) is 6.54 Å². The van der Waals surface area contributed by atoms with Crippen LogP contribution in [-0.2, 0) is 0 Å². The van der Waals surface area contributed by atoms with Gasteiger partial charge in [-0.05, 0) is 65.8 Å². The van der Waals surface area contributed by atoms with Crippen LogP contribution in [0.4, 0.5) is 0 Å². The molecular weight excluding hydrogens is 388 g/mol. The van der Waals surface area contributed by atoms with E-state index in [1.807, 2.05) is 18.3 Å². The maximum absolute atomic E-state index is 5.73. The van der Waals surface area contributed by atoms with E-state index in [2.05, 4.69) is 93.6 Å². The Morgan fingerprint density at radius 2 is 1.80 bits per heavy atom.